The van der Waals surface area contributed by atoms with Gasteiger partial charge in [-0.1, -0.05) is 12.6 Å². The average Bonchev–Trinajstić information content (AvgIpc) is 2.89. The van der Waals surface area contributed by atoms with Crippen LogP contribution in [0.15, 0.2) is 31.1 Å². The summed E-state index contributed by atoms with van der Waals surface area (Å²) < 4.78 is 0. The number of hydrogen-bond donors (Lipinski definition) is 1. The minimum absolute atomic E-state index is 0.787. The lowest BCUT2D eigenvalue weighted by atomic mass is 10.2. The number of pyridine rings is 1. The van der Waals surface area contributed by atoms with Crippen molar-refractivity contribution in [1.82, 2.24) is 4.98 Å². The van der Waals surface area contributed by atoms with Gasteiger partial charge in [-0.3, -0.25) is 0 Å². The van der Waals surface area contributed by atoms with Gasteiger partial charge in [0.2, 0.25) is 0 Å². The van der Waals surface area contributed by atoms with Crippen LogP contribution in [-0.4, -0.2) is 4.98 Å². The van der Waals surface area contributed by atoms with E-state index in [-0.39, 0.29) is 0 Å². The highest BCUT2D eigenvalue weighted by molar-refractivity contribution is 5.39. The SMILES string of the molecule is C=CNc1ccc(C2CC2)cn1. The Hall–Kier alpha value is -1.31. The van der Waals surface area contributed by atoms with E-state index in [1.165, 1.54) is 18.4 Å². The molecule has 62 valence electrons. The van der Waals surface area contributed by atoms with E-state index < -0.39 is 0 Å². The molecule has 1 N–H and O–H groups in total. The molecular weight excluding hydrogens is 148 g/mol. The van der Waals surface area contributed by atoms with Crippen molar-refractivity contribution in [2.24, 2.45) is 0 Å². The van der Waals surface area contributed by atoms with Gasteiger partial charge < -0.3 is 5.32 Å². The second-order valence-electron chi connectivity index (χ2n) is 3.10. The lowest BCUT2D eigenvalue weighted by Gasteiger charge is -2.00. The summed E-state index contributed by atoms with van der Waals surface area (Å²) in [4.78, 5) is 4.25. The summed E-state index contributed by atoms with van der Waals surface area (Å²) in [5.74, 6) is 1.66. The van der Waals surface area contributed by atoms with Gasteiger partial charge >= 0.3 is 0 Å². The van der Waals surface area contributed by atoms with Crippen molar-refractivity contribution in [3.05, 3.63) is 36.7 Å². The number of hydrogen-bond acceptors (Lipinski definition) is 2. The largest absolute Gasteiger partial charge is 0.347 e. The Morgan fingerprint density at radius 2 is 2.33 bits per heavy atom. The van der Waals surface area contributed by atoms with Gasteiger partial charge in [0.05, 0.1) is 0 Å². The zero-order chi connectivity index (χ0) is 8.39. The molecule has 2 heteroatoms. The first kappa shape index (κ1) is 7.35. The van der Waals surface area contributed by atoms with Crippen LogP contribution in [0.1, 0.15) is 24.3 Å². The summed E-state index contributed by atoms with van der Waals surface area (Å²) in [6, 6.07) is 4.13. The van der Waals surface area contributed by atoms with Gasteiger partial charge in [-0.2, -0.15) is 0 Å². The molecular formula is C10H12N2. The predicted octanol–water partition coefficient (Wildman–Crippen LogP) is 2.51. The van der Waals surface area contributed by atoms with E-state index in [9.17, 15) is 0 Å². The van der Waals surface area contributed by atoms with E-state index in [4.69, 9.17) is 0 Å². The second kappa shape index (κ2) is 2.97. The third-order valence-electron chi connectivity index (χ3n) is 2.09. The molecule has 0 atom stereocenters. The number of anilines is 1. The molecule has 1 aliphatic rings. The van der Waals surface area contributed by atoms with Crippen molar-refractivity contribution >= 4 is 5.82 Å². The molecule has 1 aliphatic carbocycles. The minimum Gasteiger partial charge on any atom is -0.347 e. The number of rotatable bonds is 3. The standard InChI is InChI=1S/C10H12N2/c1-2-11-10-6-5-9(7-12-10)8-3-4-8/h2,5-8H,1,3-4H2,(H,11,12). The van der Waals surface area contributed by atoms with Gasteiger partial charge in [0.1, 0.15) is 5.82 Å². The van der Waals surface area contributed by atoms with Crippen LogP contribution in [0.25, 0.3) is 0 Å². The van der Waals surface area contributed by atoms with E-state index >= 15 is 0 Å². The third kappa shape index (κ3) is 1.47. The van der Waals surface area contributed by atoms with E-state index in [0.717, 1.165) is 11.7 Å². The number of nitrogens with zero attached hydrogens (tertiary/aromatic N) is 1. The number of aromatic nitrogens is 1. The zero-order valence-corrected chi connectivity index (χ0v) is 6.96. The van der Waals surface area contributed by atoms with Crippen LogP contribution in [0.2, 0.25) is 0 Å². The van der Waals surface area contributed by atoms with Crippen molar-refractivity contribution in [2.45, 2.75) is 18.8 Å². The molecule has 0 saturated heterocycles. The Morgan fingerprint density at radius 3 is 2.83 bits per heavy atom. The maximum atomic E-state index is 4.25. The molecule has 1 aromatic heterocycles. The van der Waals surface area contributed by atoms with Crippen molar-refractivity contribution in [1.29, 1.82) is 0 Å². The van der Waals surface area contributed by atoms with Crippen LogP contribution in [0.4, 0.5) is 5.82 Å². The molecule has 0 amide bonds. The molecule has 0 radical (unpaired) electrons. The van der Waals surface area contributed by atoms with E-state index in [1.807, 2.05) is 12.3 Å². The Labute approximate surface area is 72.3 Å². The summed E-state index contributed by atoms with van der Waals surface area (Å²) in [5, 5.41) is 2.95. The van der Waals surface area contributed by atoms with Crippen LogP contribution in [0.5, 0.6) is 0 Å². The fraction of sp³-hybridized carbons (Fsp3) is 0.300. The molecule has 0 aromatic carbocycles. The summed E-state index contributed by atoms with van der Waals surface area (Å²) in [7, 11) is 0. The van der Waals surface area contributed by atoms with Gasteiger partial charge in [-0.15, -0.1) is 0 Å². The molecule has 2 nitrogen and oxygen atoms in total. The average molecular weight is 160 g/mol. The highest BCUT2D eigenvalue weighted by Gasteiger charge is 2.23. The third-order valence-corrected chi connectivity index (χ3v) is 2.09. The molecule has 12 heavy (non-hydrogen) atoms. The molecule has 1 aromatic rings. The van der Waals surface area contributed by atoms with Gasteiger partial charge in [-0.05, 0) is 36.6 Å². The Kier molecular flexibility index (Phi) is 1.82. The second-order valence-corrected chi connectivity index (χ2v) is 3.10. The van der Waals surface area contributed by atoms with Crippen LogP contribution in [-0.2, 0) is 0 Å². The van der Waals surface area contributed by atoms with Gasteiger partial charge in [-0.25, -0.2) is 4.98 Å². The Bertz CT molecular complexity index is 272. The van der Waals surface area contributed by atoms with Gasteiger partial charge in [0, 0.05) is 6.20 Å². The van der Waals surface area contributed by atoms with Gasteiger partial charge in [0.25, 0.3) is 0 Å². The lowest BCUT2D eigenvalue weighted by Crippen LogP contribution is -1.90. The summed E-state index contributed by atoms with van der Waals surface area (Å²) in [5.41, 5.74) is 1.37. The molecule has 1 fully saturated rings. The van der Waals surface area contributed by atoms with E-state index in [2.05, 4.69) is 22.9 Å². The lowest BCUT2D eigenvalue weighted by molar-refractivity contribution is 1.09. The molecule has 0 unspecified atom stereocenters. The van der Waals surface area contributed by atoms with E-state index in [1.54, 1.807) is 6.20 Å². The molecule has 1 heterocycles. The zero-order valence-electron chi connectivity index (χ0n) is 6.96. The maximum Gasteiger partial charge on any atom is 0.129 e. The smallest absolute Gasteiger partial charge is 0.129 e. The van der Waals surface area contributed by atoms with Crippen molar-refractivity contribution in [3.8, 4) is 0 Å². The first-order valence-corrected chi connectivity index (χ1v) is 4.23. The van der Waals surface area contributed by atoms with Crippen LogP contribution >= 0.6 is 0 Å². The van der Waals surface area contributed by atoms with Gasteiger partial charge in [0.15, 0.2) is 0 Å². The predicted molar refractivity (Wildman–Crippen MR) is 50.0 cm³/mol. The minimum atomic E-state index is 0.787. The van der Waals surface area contributed by atoms with Crippen LogP contribution in [0, 0.1) is 0 Å². The molecule has 0 spiro atoms. The summed E-state index contributed by atoms with van der Waals surface area (Å²) in [6.07, 6.45) is 6.24. The first-order chi connectivity index (χ1) is 5.90. The highest BCUT2D eigenvalue weighted by atomic mass is 15.0. The van der Waals surface area contributed by atoms with E-state index in [0.29, 0.717) is 0 Å². The molecule has 2 rings (SSSR count). The maximum absolute atomic E-state index is 4.25. The topological polar surface area (TPSA) is 24.9 Å². The van der Waals surface area contributed by atoms with Crippen molar-refractivity contribution in [2.75, 3.05) is 5.32 Å². The quantitative estimate of drug-likeness (QED) is 0.734. The summed E-state index contributed by atoms with van der Waals surface area (Å²) >= 11 is 0. The monoisotopic (exact) mass is 160 g/mol. The molecule has 1 saturated carbocycles. The molecule has 0 aliphatic heterocycles. The highest BCUT2D eigenvalue weighted by Crippen LogP contribution is 2.39. The van der Waals surface area contributed by atoms with Crippen LogP contribution in [0.3, 0.4) is 0 Å². The fourth-order valence-electron chi connectivity index (χ4n) is 1.25. The molecule has 0 bridgehead atoms. The van der Waals surface area contributed by atoms with Crippen molar-refractivity contribution in [3.63, 3.8) is 0 Å². The first-order valence-electron chi connectivity index (χ1n) is 4.23. The van der Waals surface area contributed by atoms with Crippen LogP contribution < -0.4 is 5.32 Å². The Balaban J connectivity index is 2.12. The Morgan fingerprint density at radius 1 is 1.50 bits per heavy atom. The van der Waals surface area contributed by atoms with Crippen molar-refractivity contribution < 1.29 is 0 Å². The normalized spacial score (nSPS) is 15.7. The number of nitrogens with one attached hydrogen (secondary N) is 1. The fourth-order valence-corrected chi connectivity index (χ4v) is 1.25. The summed E-state index contributed by atoms with van der Waals surface area (Å²) in [6.45, 7) is 3.57.